The number of hydrogen-bond donors (Lipinski definition) is 0. The lowest BCUT2D eigenvalue weighted by Gasteiger charge is -2.19. The molecule has 0 saturated carbocycles. The highest BCUT2D eigenvalue weighted by Gasteiger charge is 2.17. The molecule has 20 heavy (non-hydrogen) atoms. The first-order chi connectivity index (χ1) is 9.47. The number of aromatic nitrogens is 3. The molecule has 0 unspecified atom stereocenters. The van der Waals surface area contributed by atoms with Gasteiger partial charge >= 0.3 is 0 Å². The van der Waals surface area contributed by atoms with Crippen molar-refractivity contribution < 1.29 is 0 Å². The lowest BCUT2D eigenvalue weighted by Crippen LogP contribution is -2.10. The summed E-state index contributed by atoms with van der Waals surface area (Å²) < 4.78 is 1.81. The largest absolute Gasteiger partial charge is 0.243 e. The number of aryl methyl sites for hydroxylation is 1. The molecule has 104 valence electrons. The Morgan fingerprint density at radius 3 is 2.35 bits per heavy atom. The molecular formula is C16H20N4. The van der Waals surface area contributed by atoms with Gasteiger partial charge in [-0.3, -0.25) is 0 Å². The Morgan fingerprint density at radius 1 is 1.20 bits per heavy atom. The van der Waals surface area contributed by atoms with Crippen LogP contribution in [0.15, 0.2) is 24.3 Å². The van der Waals surface area contributed by atoms with Crippen molar-refractivity contribution >= 4 is 0 Å². The van der Waals surface area contributed by atoms with Crippen molar-refractivity contribution in [3.05, 3.63) is 35.5 Å². The van der Waals surface area contributed by atoms with E-state index in [-0.39, 0.29) is 5.41 Å². The van der Waals surface area contributed by atoms with E-state index in [1.807, 2.05) is 16.8 Å². The van der Waals surface area contributed by atoms with Crippen LogP contribution in [-0.2, 0) is 12.0 Å². The molecule has 0 N–H and O–H groups in total. The van der Waals surface area contributed by atoms with E-state index in [2.05, 4.69) is 56.2 Å². The average molecular weight is 268 g/mol. The predicted molar refractivity (Wildman–Crippen MR) is 79.2 cm³/mol. The SMILES string of the molecule is CCCn1nnc(C#N)c1-c1ccc(C(C)(C)C)cc1. The first-order valence-corrected chi connectivity index (χ1v) is 6.92. The fourth-order valence-corrected chi connectivity index (χ4v) is 2.17. The molecule has 1 heterocycles. The fraction of sp³-hybridized carbons (Fsp3) is 0.438. The molecule has 4 heteroatoms. The summed E-state index contributed by atoms with van der Waals surface area (Å²) in [6.07, 6.45) is 0.960. The summed E-state index contributed by atoms with van der Waals surface area (Å²) in [5.41, 5.74) is 3.59. The molecule has 4 nitrogen and oxygen atoms in total. The number of hydrogen-bond acceptors (Lipinski definition) is 3. The van der Waals surface area contributed by atoms with Gasteiger partial charge in [0.2, 0.25) is 0 Å². The van der Waals surface area contributed by atoms with Gasteiger partial charge in [0.05, 0.1) is 0 Å². The monoisotopic (exact) mass is 268 g/mol. The second kappa shape index (κ2) is 5.46. The molecule has 0 bridgehead atoms. The predicted octanol–water partition coefficient (Wildman–Crippen LogP) is 3.52. The molecule has 2 aromatic rings. The summed E-state index contributed by atoms with van der Waals surface area (Å²) in [5, 5.41) is 17.2. The second-order valence-electron chi connectivity index (χ2n) is 5.95. The lowest BCUT2D eigenvalue weighted by molar-refractivity contribution is 0.583. The molecule has 0 amide bonds. The van der Waals surface area contributed by atoms with Crippen LogP contribution in [0.3, 0.4) is 0 Å². The molecule has 2 rings (SSSR count). The van der Waals surface area contributed by atoms with Crippen molar-refractivity contribution in [2.75, 3.05) is 0 Å². The highest BCUT2D eigenvalue weighted by molar-refractivity contribution is 5.65. The quantitative estimate of drug-likeness (QED) is 0.855. The van der Waals surface area contributed by atoms with Crippen LogP contribution in [-0.4, -0.2) is 15.0 Å². The molecular weight excluding hydrogens is 248 g/mol. The molecule has 0 atom stereocenters. The van der Waals surface area contributed by atoms with Crippen molar-refractivity contribution in [1.82, 2.24) is 15.0 Å². The van der Waals surface area contributed by atoms with Gasteiger partial charge in [-0.05, 0) is 17.4 Å². The van der Waals surface area contributed by atoms with E-state index in [0.29, 0.717) is 5.69 Å². The topological polar surface area (TPSA) is 54.5 Å². The molecule has 0 saturated heterocycles. The van der Waals surface area contributed by atoms with Crippen LogP contribution in [0.2, 0.25) is 0 Å². The molecule has 0 spiro atoms. The maximum absolute atomic E-state index is 9.18. The van der Waals surface area contributed by atoms with E-state index in [1.165, 1.54) is 5.56 Å². The first-order valence-electron chi connectivity index (χ1n) is 6.92. The molecule has 1 aromatic carbocycles. The van der Waals surface area contributed by atoms with Gasteiger partial charge in [0.1, 0.15) is 11.8 Å². The third-order valence-electron chi connectivity index (χ3n) is 3.30. The van der Waals surface area contributed by atoms with E-state index in [0.717, 1.165) is 24.2 Å². The van der Waals surface area contributed by atoms with Crippen molar-refractivity contribution in [3.8, 4) is 17.3 Å². The van der Waals surface area contributed by atoms with E-state index < -0.39 is 0 Å². The zero-order chi connectivity index (χ0) is 14.8. The summed E-state index contributed by atoms with van der Waals surface area (Å²) in [6.45, 7) is 9.41. The van der Waals surface area contributed by atoms with Gasteiger partial charge in [-0.25, -0.2) is 4.68 Å². The minimum absolute atomic E-state index is 0.124. The van der Waals surface area contributed by atoms with Crippen LogP contribution in [0, 0.1) is 11.3 Å². The van der Waals surface area contributed by atoms with Crippen LogP contribution in [0.4, 0.5) is 0 Å². The van der Waals surface area contributed by atoms with E-state index in [4.69, 9.17) is 0 Å². The zero-order valence-corrected chi connectivity index (χ0v) is 12.5. The number of nitrogens with zero attached hydrogens (tertiary/aromatic N) is 4. The highest BCUT2D eigenvalue weighted by Crippen LogP contribution is 2.27. The summed E-state index contributed by atoms with van der Waals surface area (Å²) in [4.78, 5) is 0. The molecule has 0 aliphatic carbocycles. The normalized spacial score (nSPS) is 11.3. The van der Waals surface area contributed by atoms with Crippen molar-refractivity contribution in [3.63, 3.8) is 0 Å². The second-order valence-corrected chi connectivity index (χ2v) is 5.95. The van der Waals surface area contributed by atoms with Crippen molar-refractivity contribution in [2.24, 2.45) is 0 Å². The zero-order valence-electron chi connectivity index (χ0n) is 12.5. The van der Waals surface area contributed by atoms with Gasteiger partial charge in [0.15, 0.2) is 5.69 Å². The number of benzene rings is 1. The Balaban J connectivity index is 2.46. The standard InChI is InChI=1S/C16H20N4/c1-5-10-20-15(14(11-17)18-19-20)12-6-8-13(9-7-12)16(2,3)4/h6-9H,5,10H2,1-4H3. The Bertz CT molecular complexity index is 624. The third-order valence-corrected chi connectivity index (χ3v) is 3.30. The number of rotatable bonds is 3. The summed E-state index contributed by atoms with van der Waals surface area (Å²) in [7, 11) is 0. The third kappa shape index (κ3) is 2.72. The molecule has 0 fully saturated rings. The minimum Gasteiger partial charge on any atom is -0.243 e. The minimum atomic E-state index is 0.124. The lowest BCUT2D eigenvalue weighted by atomic mass is 9.86. The van der Waals surface area contributed by atoms with Gasteiger partial charge in [-0.15, -0.1) is 5.10 Å². The van der Waals surface area contributed by atoms with Crippen molar-refractivity contribution in [1.29, 1.82) is 5.26 Å². The van der Waals surface area contributed by atoms with E-state index in [9.17, 15) is 5.26 Å². The van der Waals surface area contributed by atoms with Gasteiger partial charge < -0.3 is 0 Å². The van der Waals surface area contributed by atoms with Gasteiger partial charge in [-0.2, -0.15) is 5.26 Å². The summed E-state index contributed by atoms with van der Waals surface area (Å²) in [6, 6.07) is 10.4. The van der Waals surface area contributed by atoms with Crippen molar-refractivity contribution in [2.45, 2.75) is 46.1 Å². The maximum atomic E-state index is 9.18. The Hall–Kier alpha value is -2.15. The van der Waals surface area contributed by atoms with Gasteiger partial charge in [0, 0.05) is 12.1 Å². The van der Waals surface area contributed by atoms with Crippen LogP contribution in [0.1, 0.15) is 45.4 Å². The average Bonchev–Trinajstić information content (AvgIpc) is 2.81. The summed E-state index contributed by atoms with van der Waals surface area (Å²) >= 11 is 0. The Morgan fingerprint density at radius 2 is 1.85 bits per heavy atom. The Labute approximate surface area is 120 Å². The van der Waals surface area contributed by atoms with E-state index >= 15 is 0 Å². The molecule has 1 aromatic heterocycles. The van der Waals surface area contributed by atoms with Crippen LogP contribution < -0.4 is 0 Å². The first kappa shape index (κ1) is 14.3. The Kier molecular flexibility index (Phi) is 3.89. The maximum Gasteiger partial charge on any atom is 0.190 e. The summed E-state index contributed by atoms with van der Waals surface area (Å²) in [5.74, 6) is 0. The number of nitriles is 1. The molecule has 0 radical (unpaired) electrons. The van der Waals surface area contributed by atoms with Crippen LogP contribution >= 0.6 is 0 Å². The fourth-order valence-electron chi connectivity index (χ4n) is 2.17. The molecule has 0 aliphatic rings. The van der Waals surface area contributed by atoms with Crippen LogP contribution in [0.5, 0.6) is 0 Å². The van der Waals surface area contributed by atoms with Gasteiger partial charge in [0.25, 0.3) is 0 Å². The van der Waals surface area contributed by atoms with Gasteiger partial charge in [-0.1, -0.05) is 57.2 Å². The van der Waals surface area contributed by atoms with E-state index in [1.54, 1.807) is 0 Å². The highest BCUT2D eigenvalue weighted by atomic mass is 15.4. The molecule has 0 aliphatic heterocycles. The van der Waals surface area contributed by atoms with Crippen LogP contribution in [0.25, 0.3) is 11.3 Å². The smallest absolute Gasteiger partial charge is 0.190 e.